The summed E-state index contributed by atoms with van der Waals surface area (Å²) in [7, 11) is 0. The van der Waals surface area contributed by atoms with Crippen LogP contribution in [0.1, 0.15) is 20.8 Å². The minimum absolute atomic E-state index is 0.0468. The third kappa shape index (κ3) is 1.91. The van der Waals surface area contributed by atoms with E-state index in [-0.39, 0.29) is 17.1 Å². The van der Waals surface area contributed by atoms with Crippen LogP contribution >= 0.6 is 11.3 Å². The SMILES string of the molecule is O=C(Nc1[nH]ncc1C(=O)O)c1cscn1. The molecule has 0 unspecified atom stereocenters. The maximum Gasteiger partial charge on any atom is 0.341 e. The van der Waals surface area contributed by atoms with Gasteiger partial charge in [0.15, 0.2) is 0 Å². The topological polar surface area (TPSA) is 108 Å². The van der Waals surface area contributed by atoms with E-state index in [0.717, 1.165) is 6.20 Å². The van der Waals surface area contributed by atoms with Gasteiger partial charge in [0.05, 0.1) is 11.7 Å². The van der Waals surface area contributed by atoms with Crippen LogP contribution in [0.25, 0.3) is 0 Å². The van der Waals surface area contributed by atoms with Crippen molar-refractivity contribution in [2.45, 2.75) is 0 Å². The van der Waals surface area contributed by atoms with E-state index in [1.54, 1.807) is 5.38 Å². The van der Waals surface area contributed by atoms with Crippen LogP contribution in [0.2, 0.25) is 0 Å². The second kappa shape index (κ2) is 4.11. The molecule has 82 valence electrons. The Kier molecular flexibility index (Phi) is 2.64. The van der Waals surface area contributed by atoms with Gasteiger partial charge in [-0.15, -0.1) is 11.3 Å². The summed E-state index contributed by atoms with van der Waals surface area (Å²) in [5, 5.41) is 18.6. The maximum atomic E-state index is 11.5. The zero-order valence-electron chi connectivity index (χ0n) is 7.80. The van der Waals surface area contributed by atoms with Gasteiger partial charge in [0.25, 0.3) is 5.91 Å². The van der Waals surface area contributed by atoms with Crippen LogP contribution < -0.4 is 5.32 Å². The number of carbonyl (C=O) groups excluding carboxylic acids is 1. The lowest BCUT2D eigenvalue weighted by atomic mass is 10.3. The highest BCUT2D eigenvalue weighted by molar-refractivity contribution is 7.07. The van der Waals surface area contributed by atoms with Gasteiger partial charge in [-0.25, -0.2) is 9.78 Å². The summed E-state index contributed by atoms with van der Waals surface area (Å²) in [6.45, 7) is 0. The first kappa shape index (κ1) is 10.3. The van der Waals surface area contributed by atoms with Crippen LogP contribution in [0.15, 0.2) is 17.1 Å². The van der Waals surface area contributed by atoms with Crippen LogP contribution in [0.5, 0.6) is 0 Å². The molecular formula is C8H6N4O3S. The summed E-state index contributed by atoms with van der Waals surface area (Å²) in [5.41, 5.74) is 1.65. The van der Waals surface area contributed by atoms with Gasteiger partial charge in [-0.05, 0) is 0 Å². The highest BCUT2D eigenvalue weighted by Gasteiger charge is 2.16. The van der Waals surface area contributed by atoms with Crippen molar-refractivity contribution in [2.75, 3.05) is 5.32 Å². The van der Waals surface area contributed by atoms with E-state index in [4.69, 9.17) is 5.11 Å². The molecule has 16 heavy (non-hydrogen) atoms. The zero-order valence-corrected chi connectivity index (χ0v) is 8.61. The van der Waals surface area contributed by atoms with Crippen molar-refractivity contribution in [3.8, 4) is 0 Å². The number of thiazole rings is 1. The zero-order chi connectivity index (χ0) is 11.5. The molecule has 3 N–H and O–H groups in total. The Bertz CT molecular complexity index is 519. The molecule has 2 aromatic rings. The fourth-order valence-electron chi connectivity index (χ4n) is 1.05. The smallest absolute Gasteiger partial charge is 0.341 e. The molecule has 0 saturated heterocycles. The number of nitrogens with one attached hydrogen (secondary N) is 2. The third-order valence-corrected chi connectivity index (χ3v) is 2.36. The van der Waals surface area contributed by atoms with Crippen LogP contribution in [-0.4, -0.2) is 32.2 Å². The molecule has 0 spiro atoms. The predicted octanol–water partition coefficient (Wildman–Crippen LogP) is 0.817. The van der Waals surface area contributed by atoms with Gasteiger partial charge >= 0.3 is 5.97 Å². The second-order valence-electron chi connectivity index (χ2n) is 2.79. The van der Waals surface area contributed by atoms with Crippen LogP contribution in [0, 0.1) is 0 Å². The Labute approximate surface area is 93.1 Å². The van der Waals surface area contributed by atoms with E-state index in [2.05, 4.69) is 20.5 Å². The molecule has 0 aliphatic carbocycles. The number of anilines is 1. The lowest BCUT2D eigenvalue weighted by Gasteiger charge is -2.00. The normalized spacial score (nSPS) is 10.0. The summed E-state index contributed by atoms with van der Waals surface area (Å²) in [4.78, 5) is 26.1. The lowest BCUT2D eigenvalue weighted by molar-refractivity contribution is 0.0698. The van der Waals surface area contributed by atoms with E-state index >= 15 is 0 Å². The first-order valence-electron chi connectivity index (χ1n) is 4.14. The highest BCUT2D eigenvalue weighted by atomic mass is 32.1. The number of carboxylic acids is 1. The van der Waals surface area contributed by atoms with Crippen molar-refractivity contribution in [1.82, 2.24) is 15.2 Å². The van der Waals surface area contributed by atoms with Gasteiger partial charge in [0, 0.05) is 5.38 Å². The number of amides is 1. The largest absolute Gasteiger partial charge is 0.477 e. The van der Waals surface area contributed by atoms with Crippen LogP contribution in [0.4, 0.5) is 5.82 Å². The maximum absolute atomic E-state index is 11.5. The number of rotatable bonds is 3. The molecule has 0 radical (unpaired) electrons. The number of carbonyl (C=O) groups is 2. The number of hydrogen-bond acceptors (Lipinski definition) is 5. The molecule has 0 atom stereocenters. The molecule has 8 heteroatoms. The number of aromatic nitrogens is 3. The van der Waals surface area contributed by atoms with Gasteiger partial charge in [-0.3, -0.25) is 9.89 Å². The average molecular weight is 238 g/mol. The van der Waals surface area contributed by atoms with Crippen molar-refractivity contribution in [2.24, 2.45) is 0 Å². The fourth-order valence-corrected chi connectivity index (χ4v) is 1.58. The predicted molar refractivity (Wildman–Crippen MR) is 55.6 cm³/mol. The Morgan fingerprint density at radius 2 is 2.31 bits per heavy atom. The minimum atomic E-state index is -1.16. The standard InChI is InChI=1S/C8H6N4O3S/c13-7(5-2-16-3-9-5)11-6-4(8(14)15)1-10-12-6/h1-3H,(H,14,15)(H2,10,11,12,13). The molecule has 0 saturated carbocycles. The quantitative estimate of drug-likeness (QED) is 0.733. The van der Waals surface area contributed by atoms with Gasteiger partial charge in [-0.1, -0.05) is 0 Å². The molecule has 0 aromatic carbocycles. The average Bonchev–Trinajstić information content (AvgIpc) is 2.86. The number of aromatic carboxylic acids is 1. The summed E-state index contributed by atoms with van der Waals surface area (Å²) in [6, 6.07) is 0. The van der Waals surface area contributed by atoms with Crippen molar-refractivity contribution >= 4 is 29.0 Å². The summed E-state index contributed by atoms with van der Waals surface area (Å²) >= 11 is 1.28. The molecule has 0 bridgehead atoms. The molecular weight excluding hydrogens is 232 g/mol. The molecule has 1 amide bonds. The molecule has 2 rings (SSSR count). The molecule has 0 fully saturated rings. The van der Waals surface area contributed by atoms with Crippen molar-refractivity contribution in [1.29, 1.82) is 0 Å². The molecule has 0 aliphatic rings. The number of H-pyrrole nitrogens is 1. The Balaban J connectivity index is 2.18. The fraction of sp³-hybridized carbons (Fsp3) is 0. The third-order valence-electron chi connectivity index (χ3n) is 1.77. The summed E-state index contributed by atoms with van der Waals surface area (Å²) in [5.74, 6) is -1.60. The van der Waals surface area contributed by atoms with Gasteiger partial charge in [-0.2, -0.15) is 5.10 Å². The Morgan fingerprint density at radius 1 is 1.50 bits per heavy atom. The Hall–Kier alpha value is -2.22. The van der Waals surface area contributed by atoms with E-state index in [0.29, 0.717) is 0 Å². The van der Waals surface area contributed by atoms with Crippen molar-refractivity contribution in [3.05, 3.63) is 28.3 Å². The number of aromatic amines is 1. The van der Waals surface area contributed by atoms with E-state index in [9.17, 15) is 9.59 Å². The van der Waals surface area contributed by atoms with Crippen molar-refractivity contribution < 1.29 is 14.7 Å². The van der Waals surface area contributed by atoms with Crippen LogP contribution in [0.3, 0.4) is 0 Å². The van der Waals surface area contributed by atoms with Crippen LogP contribution in [-0.2, 0) is 0 Å². The number of carboxylic acid groups (broad SMARTS) is 1. The van der Waals surface area contributed by atoms with Gasteiger partial charge < -0.3 is 10.4 Å². The van der Waals surface area contributed by atoms with Gasteiger partial charge in [0.2, 0.25) is 0 Å². The van der Waals surface area contributed by atoms with E-state index < -0.39 is 11.9 Å². The lowest BCUT2D eigenvalue weighted by Crippen LogP contribution is -2.14. The van der Waals surface area contributed by atoms with Crippen molar-refractivity contribution in [3.63, 3.8) is 0 Å². The molecule has 7 nitrogen and oxygen atoms in total. The summed E-state index contributed by atoms with van der Waals surface area (Å²) < 4.78 is 0. The molecule has 2 aromatic heterocycles. The first-order chi connectivity index (χ1) is 7.68. The van der Waals surface area contributed by atoms with E-state index in [1.807, 2.05) is 0 Å². The Morgan fingerprint density at radius 3 is 2.94 bits per heavy atom. The second-order valence-corrected chi connectivity index (χ2v) is 3.51. The monoisotopic (exact) mass is 238 g/mol. The number of nitrogens with zero attached hydrogens (tertiary/aromatic N) is 2. The number of hydrogen-bond donors (Lipinski definition) is 3. The molecule has 0 aliphatic heterocycles. The summed E-state index contributed by atoms with van der Waals surface area (Å²) in [6.07, 6.45) is 1.12. The van der Waals surface area contributed by atoms with Gasteiger partial charge in [0.1, 0.15) is 17.1 Å². The first-order valence-corrected chi connectivity index (χ1v) is 5.09. The van der Waals surface area contributed by atoms with E-state index in [1.165, 1.54) is 16.8 Å². The minimum Gasteiger partial charge on any atom is -0.477 e. The molecule has 2 heterocycles. The highest BCUT2D eigenvalue weighted by Crippen LogP contribution is 2.12.